The standard InChI is InChI=1S/C41H73NO3/c1-3-5-7-9-11-13-15-17-19-20-21-22-23-25-27-29-31-33-35-37-41(45)42-39(38-43)40(44)36-34-32-30-28-26-24-18-16-14-12-10-8-6-4-2/h5,7,11,13,17,19,21-22,25,27,39-40,43-44H,3-4,6,8-10,12,14-16,18,20,23-24,26,28-38H2,1-2H3,(H,42,45)/b7-5-,13-11-,19-17-,22-21-,27-25-. The van der Waals surface area contributed by atoms with Crippen LogP contribution in [-0.2, 0) is 4.79 Å². The molecule has 2 unspecified atom stereocenters. The van der Waals surface area contributed by atoms with E-state index in [9.17, 15) is 15.0 Å². The summed E-state index contributed by atoms with van der Waals surface area (Å²) in [7, 11) is 0. The van der Waals surface area contributed by atoms with Crippen molar-refractivity contribution < 1.29 is 15.0 Å². The lowest BCUT2D eigenvalue weighted by Crippen LogP contribution is -2.45. The van der Waals surface area contributed by atoms with Crippen LogP contribution in [-0.4, -0.2) is 34.9 Å². The molecular formula is C41H73NO3. The van der Waals surface area contributed by atoms with Gasteiger partial charge in [0, 0.05) is 6.42 Å². The lowest BCUT2D eigenvalue weighted by Gasteiger charge is -2.22. The predicted molar refractivity (Wildman–Crippen MR) is 197 cm³/mol. The molecule has 0 aromatic carbocycles. The Morgan fingerprint density at radius 2 is 0.978 bits per heavy atom. The number of hydrogen-bond donors (Lipinski definition) is 3. The molecule has 0 aromatic rings. The van der Waals surface area contributed by atoms with Crippen molar-refractivity contribution in [3.05, 3.63) is 60.8 Å². The maximum atomic E-state index is 12.3. The maximum Gasteiger partial charge on any atom is 0.220 e. The molecule has 4 nitrogen and oxygen atoms in total. The molecule has 0 heterocycles. The molecular weight excluding hydrogens is 554 g/mol. The van der Waals surface area contributed by atoms with Gasteiger partial charge in [0.25, 0.3) is 0 Å². The van der Waals surface area contributed by atoms with Gasteiger partial charge in [-0.15, -0.1) is 0 Å². The van der Waals surface area contributed by atoms with Gasteiger partial charge in [-0.05, 0) is 57.8 Å². The predicted octanol–water partition coefficient (Wildman–Crippen LogP) is 11.4. The zero-order chi connectivity index (χ0) is 32.9. The summed E-state index contributed by atoms with van der Waals surface area (Å²) >= 11 is 0. The van der Waals surface area contributed by atoms with Gasteiger partial charge in [0.15, 0.2) is 0 Å². The lowest BCUT2D eigenvalue weighted by molar-refractivity contribution is -0.123. The van der Waals surface area contributed by atoms with Crippen molar-refractivity contribution in [3.8, 4) is 0 Å². The number of amides is 1. The molecule has 0 rings (SSSR count). The molecule has 260 valence electrons. The normalized spacial score (nSPS) is 13.8. The van der Waals surface area contributed by atoms with Crippen molar-refractivity contribution >= 4 is 5.91 Å². The monoisotopic (exact) mass is 628 g/mol. The fraction of sp³-hybridized carbons (Fsp3) is 0.732. The molecule has 0 aliphatic heterocycles. The van der Waals surface area contributed by atoms with E-state index in [2.05, 4.69) is 79.9 Å². The Morgan fingerprint density at radius 1 is 0.556 bits per heavy atom. The largest absolute Gasteiger partial charge is 0.394 e. The van der Waals surface area contributed by atoms with E-state index in [1.165, 1.54) is 77.0 Å². The third-order valence-corrected chi connectivity index (χ3v) is 8.29. The number of unbranched alkanes of at least 4 members (excludes halogenated alkanes) is 16. The second kappa shape index (κ2) is 36.6. The summed E-state index contributed by atoms with van der Waals surface area (Å²) in [5, 5.41) is 23.0. The number of aliphatic hydroxyl groups is 2. The number of rotatable bonds is 33. The molecule has 45 heavy (non-hydrogen) atoms. The number of carbonyl (C=O) groups excluding carboxylic acids is 1. The van der Waals surface area contributed by atoms with Crippen LogP contribution in [0.2, 0.25) is 0 Å². The highest BCUT2D eigenvalue weighted by atomic mass is 16.3. The van der Waals surface area contributed by atoms with Crippen molar-refractivity contribution in [1.29, 1.82) is 0 Å². The molecule has 0 saturated heterocycles. The van der Waals surface area contributed by atoms with Gasteiger partial charge in [-0.3, -0.25) is 4.79 Å². The van der Waals surface area contributed by atoms with E-state index >= 15 is 0 Å². The molecule has 0 aliphatic rings. The van der Waals surface area contributed by atoms with Gasteiger partial charge in [0.2, 0.25) is 5.91 Å². The molecule has 1 amide bonds. The highest BCUT2D eigenvalue weighted by Crippen LogP contribution is 2.14. The summed E-state index contributed by atoms with van der Waals surface area (Å²) in [6.07, 6.45) is 49.9. The van der Waals surface area contributed by atoms with Gasteiger partial charge in [-0.25, -0.2) is 0 Å². The number of nitrogens with one attached hydrogen (secondary N) is 1. The van der Waals surface area contributed by atoms with Crippen molar-refractivity contribution in [2.75, 3.05) is 6.61 Å². The van der Waals surface area contributed by atoms with E-state index in [0.717, 1.165) is 70.6 Å². The minimum absolute atomic E-state index is 0.0658. The van der Waals surface area contributed by atoms with Gasteiger partial charge in [-0.2, -0.15) is 0 Å². The summed E-state index contributed by atoms with van der Waals surface area (Å²) in [6, 6.07) is -0.555. The summed E-state index contributed by atoms with van der Waals surface area (Å²) < 4.78 is 0. The first kappa shape index (κ1) is 43.1. The van der Waals surface area contributed by atoms with Crippen molar-refractivity contribution in [1.82, 2.24) is 5.32 Å². The Morgan fingerprint density at radius 3 is 1.44 bits per heavy atom. The van der Waals surface area contributed by atoms with E-state index in [1.807, 2.05) is 0 Å². The smallest absolute Gasteiger partial charge is 0.220 e. The van der Waals surface area contributed by atoms with Crippen LogP contribution >= 0.6 is 0 Å². The first-order valence-electron chi connectivity index (χ1n) is 19.0. The molecule has 0 bridgehead atoms. The van der Waals surface area contributed by atoms with Gasteiger partial charge in [0.05, 0.1) is 18.8 Å². The van der Waals surface area contributed by atoms with Gasteiger partial charge in [0.1, 0.15) is 0 Å². The Balaban J connectivity index is 3.68. The first-order chi connectivity index (χ1) is 22.2. The quantitative estimate of drug-likeness (QED) is 0.0501. The van der Waals surface area contributed by atoms with Crippen LogP contribution in [0.15, 0.2) is 60.8 Å². The fourth-order valence-corrected chi connectivity index (χ4v) is 5.38. The van der Waals surface area contributed by atoms with Crippen LogP contribution in [0.5, 0.6) is 0 Å². The van der Waals surface area contributed by atoms with Gasteiger partial charge >= 0.3 is 0 Å². The second-order valence-electron chi connectivity index (χ2n) is 12.6. The summed E-state index contributed by atoms with van der Waals surface area (Å²) in [5.41, 5.74) is 0. The molecule has 0 radical (unpaired) electrons. The van der Waals surface area contributed by atoms with Crippen LogP contribution in [0.3, 0.4) is 0 Å². The number of aliphatic hydroxyl groups excluding tert-OH is 2. The molecule has 0 saturated carbocycles. The fourth-order valence-electron chi connectivity index (χ4n) is 5.38. The number of allylic oxidation sites excluding steroid dienone is 10. The molecule has 0 aromatic heterocycles. The zero-order valence-corrected chi connectivity index (χ0v) is 29.6. The van der Waals surface area contributed by atoms with Crippen LogP contribution in [0.25, 0.3) is 0 Å². The molecule has 3 N–H and O–H groups in total. The van der Waals surface area contributed by atoms with E-state index in [1.54, 1.807) is 0 Å². The molecule has 0 aliphatic carbocycles. The van der Waals surface area contributed by atoms with Crippen LogP contribution < -0.4 is 5.32 Å². The average molecular weight is 628 g/mol. The Bertz CT molecular complexity index is 767. The molecule has 2 atom stereocenters. The highest BCUT2D eigenvalue weighted by Gasteiger charge is 2.19. The highest BCUT2D eigenvalue weighted by molar-refractivity contribution is 5.76. The number of carbonyl (C=O) groups is 1. The van der Waals surface area contributed by atoms with Crippen LogP contribution in [0.4, 0.5) is 0 Å². The SMILES string of the molecule is CC/C=C\C/C=C\C/C=C\C/C=C\C/C=C\CCCCCC(=O)NC(CO)C(O)CCCCCCCCCCCCCCCC. The number of hydrogen-bond acceptors (Lipinski definition) is 3. The Kier molecular flexibility index (Phi) is 35.0. The van der Waals surface area contributed by atoms with Gasteiger partial charge in [-0.1, -0.05) is 171 Å². The van der Waals surface area contributed by atoms with Crippen molar-refractivity contribution in [2.24, 2.45) is 0 Å². The van der Waals surface area contributed by atoms with Gasteiger partial charge < -0.3 is 15.5 Å². The minimum atomic E-state index is -0.674. The third-order valence-electron chi connectivity index (χ3n) is 8.29. The summed E-state index contributed by atoms with van der Waals surface area (Å²) in [5.74, 6) is -0.0658. The molecule has 0 fully saturated rings. The van der Waals surface area contributed by atoms with Crippen LogP contribution in [0, 0.1) is 0 Å². The zero-order valence-electron chi connectivity index (χ0n) is 29.6. The van der Waals surface area contributed by atoms with E-state index in [-0.39, 0.29) is 12.5 Å². The molecule has 4 heteroatoms. The summed E-state index contributed by atoms with van der Waals surface area (Å²) in [6.45, 7) is 4.21. The third kappa shape index (κ3) is 33.3. The van der Waals surface area contributed by atoms with E-state index < -0.39 is 12.1 Å². The topological polar surface area (TPSA) is 69.6 Å². The van der Waals surface area contributed by atoms with Crippen molar-refractivity contribution in [2.45, 2.75) is 187 Å². The Hall–Kier alpha value is -1.91. The molecule has 0 spiro atoms. The minimum Gasteiger partial charge on any atom is -0.394 e. The van der Waals surface area contributed by atoms with E-state index in [4.69, 9.17) is 0 Å². The van der Waals surface area contributed by atoms with Crippen LogP contribution in [0.1, 0.15) is 174 Å². The average Bonchev–Trinajstić information content (AvgIpc) is 3.04. The maximum absolute atomic E-state index is 12.3. The summed E-state index contributed by atoms with van der Waals surface area (Å²) in [4.78, 5) is 12.3. The van der Waals surface area contributed by atoms with Crippen molar-refractivity contribution in [3.63, 3.8) is 0 Å². The lowest BCUT2D eigenvalue weighted by atomic mass is 10.0. The second-order valence-corrected chi connectivity index (χ2v) is 12.6. The Labute approximate surface area is 279 Å². The first-order valence-corrected chi connectivity index (χ1v) is 19.0. The van der Waals surface area contributed by atoms with E-state index in [0.29, 0.717) is 12.8 Å².